The van der Waals surface area contributed by atoms with Crippen LogP contribution in [0.25, 0.3) is 32.7 Å². The number of phenols is 2. The number of fused-ring (bicyclic) bond motifs is 2. The molecule has 0 spiro atoms. The van der Waals surface area contributed by atoms with Crippen molar-refractivity contribution in [1.82, 2.24) is 0 Å². The van der Waals surface area contributed by atoms with E-state index in [4.69, 9.17) is 5.11 Å². The summed E-state index contributed by atoms with van der Waals surface area (Å²) >= 11 is 0. The number of nitrogens with zero attached hydrogens (tertiary/aromatic N) is 1. The normalized spacial score (nSPS) is 11.0. The Kier molecular flexibility index (Phi) is 6.90. The predicted molar refractivity (Wildman–Crippen MR) is 141 cm³/mol. The molecule has 4 nitrogen and oxygen atoms in total. The van der Waals surface area contributed by atoms with Gasteiger partial charge in [0.05, 0.1) is 5.69 Å². The Balaban J connectivity index is 0.000000868. The molecule has 5 aromatic rings. The molecule has 0 aliphatic heterocycles. The number of hydrogen-bond donors (Lipinski definition) is 3. The maximum absolute atomic E-state index is 11.3. The average molecular weight is 450 g/mol. The van der Waals surface area contributed by atoms with E-state index < -0.39 is 0 Å². The highest BCUT2D eigenvalue weighted by atomic mass is 16.3. The van der Waals surface area contributed by atoms with E-state index in [2.05, 4.69) is 4.99 Å². The molecule has 0 fully saturated rings. The van der Waals surface area contributed by atoms with Gasteiger partial charge in [-0.2, -0.15) is 0 Å². The van der Waals surface area contributed by atoms with Gasteiger partial charge in [-0.25, -0.2) is 0 Å². The van der Waals surface area contributed by atoms with Crippen LogP contribution in [0.15, 0.2) is 96.0 Å². The first-order valence-corrected chi connectivity index (χ1v) is 11.2. The summed E-state index contributed by atoms with van der Waals surface area (Å²) in [5.41, 5.74) is 3.81. The first-order valence-electron chi connectivity index (χ1n) is 11.2. The van der Waals surface area contributed by atoms with E-state index in [1.807, 2.05) is 91.9 Å². The SMILES string of the molecule is CCO.Cc1ccc(N=Cc2cc3ccccc3c(-c3c(O)ccc4ccccc34)c2O)cc1. The molecule has 0 aromatic heterocycles. The summed E-state index contributed by atoms with van der Waals surface area (Å²) in [7, 11) is 0. The molecule has 3 N–H and O–H groups in total. The molecule has 0 saturated carbocycles. The van der Waals surface area contributed by atoms with E-state index >= 15 is 0 Å². The Bertz CT molecular complexity index is 1470. The minimum Gasteiger partial charge on any atom is -0.507 e. The summed E-state index contributed by atoms with van der Waals surface area (Å²) < 4.78 is 0. The van der Waals surface area contributed by atoms with Gasteiger partial charge in [-0.3, -0.25) is 4.99 Å². The fraction of sp³-hybridized carbons (Fsp3) is 0.100. The van der Waals surface area contributed by atoms with Gasteiger partial charge in [-0.1, -0.05) is 72.3 Å². The second-order valence-electron chi connectivity index (χ2n) is 8.00. The predicted octanol–water partition coefficient (Wildman–Crippen LogP) is 7.13. The molecular formula is C30H27NO3. The summed E-state index contributed by atoms with van der Waals surface area (Å²) in [4.78, 5) is 4.56. The lowest BCUT2D eigenvalue weighted by Gasteiger charge is -2.16. The minimum atomic E-state index is 0.0983. The highest BCUT2D eigenvalue weighted by molar-refractivity contribution is 6.12. The smallest absolute Gasteiger partial charge is 0.132 e. The summed E-state index contributed by atoms with van der Waals surface area (Å²) in [6, 6.07) is 29.1. The van der Waals surface area contributed by atoms with Crippen molar-refractivity contribution < 1.29 is 15.3 Å². The van der Waals surface area contributed by atoms with Gasteiger partial charge in [0.1, 0.15) is 11.5 Å². The van der Waals surface area contributed by atoms with Crippen LogP contribution in [-0.2, 0) is 0 Å². The molecule has 0 amide bonds. The number of rotatable bonds is 3. The Labute approximate surface area is 199 Å². The highest BCUT2D eigenvalue weighted by Crippen LogP contribution is 2.45. The molecule has 170 valence electrons. The second-order valence-corrected chi connectivity index (χ2v) is 8.00. The zero-order chi connectivity index (χ0) is 24.1. The van der Waals surface area contributed by atoms with Gasteiger partial charge in [0.15, 0.2) is 0 Å². The third-order valence-corrected chi connectivity index (χ3v) is 5.60. The number of aliphatic imine (C=N–C) groups is 1. The maximum atomic E-state index is 11.3. The lowest BCUT2D eigenvalue weighted by atomic mass is 9.90. The first-order chi connectivity index (χ1) is 16.5. The quantitative estimate of drug-likeness (QED) is 0.257. The zero-order valence-corrected chi connectivity index (χ0v) is 19.2. The van der Waals surface area contributed by atoms with Crippen LogP contribution in [0.3, 0.4) is 0 Å². The third kappa shape index (κ3) is 4.63. The van der Waals surface area contributed by atoms with E-state index in [0.717, 1.165) is 27.2 Å². The molecule has 4 heteroatoms. The number of aryl methyl sites for hydroxylation is 1. The number of aliphatic hydroxyl groups excluding tert-OH is 1. The summed E-state index contributed by atoms with van der Waals surface area (Å²) in [5, 5.41) is 33.5. The molecule has 0 aliphatic rings. The van der Waals surface area contributed by atoms with E-state index in [9.17, 15) is 10.2 Å². The van der Waals surface area contributed by atoms with Crippen LogP contribution in [-0.4, -0.2) is 28.1 Å². The van der Waals surface area contributed by atoms with E-state index in [-0.39, 0.29) is 18.1 Å². The fourth-order valence-electron chi connectivity index (χ4n) is 4.01. The molecular weight excluding hydrogens is 422 g/mol. The van der Waals surface area contributed by atoms with Crippen molar-refractivity contribution >= 4 is 33.4 Å². The lowest BCUT2D eigenvalue weighted by molar-refractivity contribution is 0.318. The molecule has 0 saturated heterocycles. The summed E-state index contributed by atoms with van der Waals surface area (Å²) in [5.74, 6) is 0.230. The van der Waals surface area contributed by atoms with Crippen LogP contribution >= 0.6 is 0 Å². The van der Waals surface area contributed by atoms with Gasteiger partial charge in [0.25, 0.3) is 0 Å². The van der Waals surface area contributed by atoms with E-state index in [0.29, 0.717) is 16.7 Å². The summed E-state index contributed by atoms with van der Waals surface area (Å²) in [6.07, 6.45) is 1.68. The Hall–Kier alpha value is -4.15. The van der Waals surface area contributed by atoms with Crippen LogP contribution < -0.4 is 0 Å². The van der Waals surface area contributed by atoms with Crippen molar-refractivity contribution in [3.05, 3.63) is 102 Å². The number of aromatic hydroxyl groups is 2. The van der Waals surface area contributed by atoms with E-state index in [1.165, 1.54) is 5.56 Å². The topological polar surface area (TPSA) is 73.1 Å². The lowest BCUT2D eigenvalue weighted by Crippen LogP contribution is -1.91. The molecule has 0 bridgehead atoms. The molecule has 0 unspecified atom stereocenters. The minimum absolute atomic E-state index is 0.0983. The van der Waals surface area contributed by atoms with Crippen LogP contribution in [0.1, 0.15) is 18.1 Å². The first kappa shape index (κ1) is 23.0. The monoisotopic (exact) mass is 449 g/mol. The van der Waals surface area contributed by atoms with E-state index in [1.54, 1.807) is 19.2 Å². The van der Waals surface area contributed by atoms with Crippen molar-refractivity contribution in [3.63, 3.8) is 0 Å². The maximum Gasteiger partial charge on any atom is 0.132 e. The Morgan fingerprint density at radius 3 is 2.00 bits per heavy atom. The molecule has 5 aromatic carbocycles. The number of phenolic OH excluding ortho intramolecular Hbond substituents is 2. The van der Waals surface area contributed by atoms with Gasteiger partial charge in [-0.05, 0) is 59.7 Å². The molecule has 5 rings (SSSR count). The largest absolute Gasteiger partial charge is 0.507 e. The van der Waals surface area contributed by atoms with Gasteiger partial charge in [0, 0.05) is 29.5 Å². The standard InChI is InChI=1S/C28H21NO2.C2H6O/c1-18-10-13-22(14-11-18)29-17-21-16-20-7-3-5-9-24(20)27(28(21)31)26-23-8-4-2-6-19(23)12-15-25(26)30;1-2-3/h2-17,30-31H,1H3;3H,2H2,1H3. The van der Waals surface area contributed by atoms with Crippen LogP contribution in [0.2, 0.25) is 0 Å². The zero-order valence-electron chi connectivity index (χ0n) is 19.2. The fourth-order valence-corrected chi connectivity index (χ4v) is 4.01. The van der Waals surface area contributed by atoms with Crippen LogP contribution in [0, 0.1) is 6.92 Å². The van der Waals surface area contributed by atoms with Gasteiger partial charge in [-0.15, -0.1) is 0 Å². The highest BCUT2D eigenvalue weighted by Gasteiger charge is 2.19. The number of hydrogen-bond acceptors (Lipinski definition) is 4. The molecule has 0 aliphatic carbocycles. The van der Waals surface area contributed by atoms with Gasteiger partial charge >= 0.3 is 0 Å². The third-order valence-electron chi connectivity index (χ3n) is 5.60. The number of aliphatic hydroxyl groups is 1. The molecule has 0 atom stereocenters. The molecule has 0 radical (unpaired) electrons. The second kappa shape index (κ2) is 10.2. The van der Waals surface area contributed by atoms with Crippen LogP contribution in [0.5, 0.6) is 11.5 Å². The van der Waals surface area contributed by atoms with Crippen molar-refractivity contribution in [2.45, 2.75) is 13.8 Å². The Morgan fingerprint density at radius 2 is 1.32 bits per heavy atom. The van der Waals surface area contributed by atoms with Crippen molar-refractivity contribution in [3.8, 4) is 22.6 Å². The molecule has 34 heavy (non-hydrogen) atoms. The Morgan fingerprint density at radius 1 is 0.735 bits per heavy atom. The molecule has 0 heterocycles. The van der Waals surface area contributed by atoms with Gasteiger partial charge < -0.3 is 15.3 Å². The van der Waals surface area contributed by atoms with Crippen LogP contribution in [0.4, 0.5) is 5.69 Å². The van der Waals surface area contributed by atoms with Crippen molar-refractivity contribution in [2.24, 2.45) is 4.99 Å². The van der Waals surface area contributed by atoms with Crippen molar-refractivity contribution in [1.29, 1.82) is 0 Å². The van der Waals surface area contributed by atoms with Crippen molar-refractivity contribution in [2.75, 3.05) is 6.61 Å². The number of benzene rings is 5. The summed E-state index contributed by atoms with van der Waals surface area (Å²) in [6.45, 7) is 3.96. The van der Waals surface area contributed by atoms with Gasteiger partial charge in [0.2, 0.25) is 0 Å². The average Bonchev–Trinajstić information content (AvgIpc) is 2.85.